The number of amides is 1. The van der Waals surface area contributed by atoms with E-state index in [0.29, 0.717) is 17.0 Å². The first kappa shape index (κ1) is 12.5. The summed E-state index contributed by atoms with van der Waals surface area (Å²) >= 11 is 0. The molecule has 1 amide bonds. The van der Waals surface area contributed by atoms with Crippen LogP contribution in [-0.4, -0.2) is 25.2 Å². The largest absolute Gasteiger partial charge is 0.313 e. The highest BCUT2D eigenvalue weighted by molar-refractivity contribution is 6.19. The Morgan fingerprint density at radius 2 is 1.90 bits per heavy atom. The molecule has 3 nitrogen and oxygen atoms in total. The van der Waals surface area contributed by atoms with Crippen molar-refractivity contribution in [2.45, 2.75) is 0 Å². The maximum absolute atomic E-state index is 13.6. The van der Waals surface area contributed by atoms with E-state index in [-0.39, 0.29) is 18.3 Å². The smallest absolute Gasteiger partial charge is 0.248 e. The van der Waals surface area contributed by atoms with Crippen LogP contribution in [0, 0.1) is 5.82 Å². The Morgan fingerprint density at radius 1 is 1.15 bits per heavy atom. The van der Waals surface area contributed by atoms with E-state index in [1.54, 1.807) is 13.1 Å². The van der Waals surface area contributed by atoms with Crippen molar-refractivity contribution in [1.82, 2.24) is 0 Å². The molecule has 0 unspecified atom stereocenters. The second-order valence-corrected chi connectivity index (χ2v) is 4.65. The molecule has 0 aromatic heterocycles. The highest BCUT2D eigenvalue weighted by atomic mass is 19.1. The lowest BCUT2D eigenvalue weighted by Gasteiger charge is -2.17. The summed E-state index contributed by atoms with van der Waals surface area (Å²) in [4.78, 5) is 17.9. The van der Waals surface area contributed by atoms with Gasteiger partial charge in [0.1, 0.15) is 12.4 Å². The highest BCUT2D eigenvalue weighted by Crippen LogP contribution is 2.26. The summed E-state index contributed by atoms with van der Waals surface area (Å²) in [6, 6.07) is 13.9. The molecular weight excluding hydrogens is 255 g/mol. The summed E-state index contributed by atoms with van der Waals surface area (Å²) in [6.07, 6.45) is 0. The molecule has 3 rings (SSSR count). The molecule has 0 bridgehead atoms. The van der Waals surface area contributed by atoms with Crippen molar-refractivity contribution < 1.29 is 9.18 Å². The van der Waals surface area contributed by atoms with Crippen LogP contribution in [0.3, 0.4) is 0 Å². The Hall–Kier alpha value is -2.49. The number of fused-ring (bicyclic) bond motifs is 1. The standard InChI is InChI=1S/C16H13FN2O/c1-19-14-8-7-12(17)9-13(14)16(18-10-15(19)20)11-5-3-2-4-6-11/h2-9H,10H2,1H3. The van der Waals surface area contributed by atoms with Crippen molar-refractivity contribution in [2.24, 2.45) is 4.99 Å². The SMILES string of the molecule is CN1C(=O)CN=C(c2ccccc2)c2cc(F)ccc21. The molecule has 1 aliphatic rings. The molecule has 4 heteroatoms. The van der Waals surface area contributed by atoms with Gasteiger partial charge in [-0.25, -0.2) is 4.39 Å². The number of likely N-dealkylation sites (N-methyl/N-ethyl adjacent to an activating group) is 1. The number of carbonyl (C=O) groups is 1. The van der Waals surface area contributed by atoms with Gasteiger partial charge in [0.15, 0.2) is 0 Å². The lowest BCUT2D eigenvalue weighted by Crippen LogP contribution is -2.27. The molecule has 0 atom stereocenters. The number of rotatable bonds is 1. The van der Waals surface area contributed by atoms with Crippen LogP contribution in [0.15, 0.2) is 53.5 Å². The van der Waals surface area contributed by atoms with Crippen LogP contribution in [0.4, 0.5) is 10.1 Å². The van der Waals surface area contributed by atoms with E-state index in [9.17, 15) is 9.18 Å². The first-order valence-electron chi connectivity index (χ1n) is 6.33. The third kappa shape index (κ3) is 2.09. The van der Waals surface area contributed by atoms with Crippen molar-refractivity contribution in [3.8, 4) is 0 Å². The van der Waals surface area contributed by atoms with Gasteiger partial charge in [0.2, 0.25) is 5.91 Å². The number of carbonyl (C=O) groups excluding carboxylic acids is 1. The molecule has 0 N–H and O–H groups in total. The van der Waals surface area contributed by atoms with Crippen LogP contribution in [0.2, 0.25) is 0 Å². The second kappa shape index (κ2) is 4.89. The van der Waals surface area contributed by atoms with E-state index in [1.165, 1.54) is 17.0 Å². The van der Waals surface area contributed by atoms with Crippen molar-refractivity contribution in [3.05, 3.63) is 65.5 Å². The fourth-order valence-corrected chi connectivity index (χ4v) is 2.31. The molecule has 0 saturated heterocycles. The summed E-state index contributed by atoms with van der Waals surface area (Å²) in [5.74, 6) is -0.445. The topological polar surface area (TPSA) is 32.7 Å². The predicted octanol–water partition coefficient (Wildman–Crippen LogP) is 2.64. The first-order valence-corrected chi connectivity index (χ1v) is 6.33. The van der Waals surface area contributed by atoms with E-state index in [4.69, 9.17) is 0 Å². The molecule has 1 aliphatic heterocycles. The lowest BCUT2D eigenvalue weighted by atomic mass is 10.0. The van der Waals surface area contributed by atoms with Gasteiger partial charge in [0, 0.05) is 18.2 Å². The van der Waals surface area contributed by atoms with Crippen molar-refractivity contribution in [2.75, 3.05) is 18.5 Å². The van der Waals surface area contributed by atoms with Crippen LogP contribution in [0.25, 0.3) is 0 Å². The van der Waals surface area contributed by atoms with Crippen molar-refractivity contribution >= 4 is 17.3 Å². The Kier molecular flexibility index (Phi) is 3.06. The molecule has 0 fully saturated rings. The first-order chi connectivity index (χ1) is 9.66. The van der Waals surface area contributed by atoms with Crippen LogP contribution < -0.4 is 4.90 Å². The van der Waals surface area contributed by atoms with Gasteiger partial charge < -0.3 is 4.90 Å². The average molecular weight is 268 g/mol. The van der Waals surface area contributed by atoms with E-state index in [2.05, 4.69) is 4.99 Å². The maximum Gasteiger partial charge on any atom is 0.248 e. The van der Waals surface area contributed by atoms with Gasteiger partial charge in [-0.1, -0.05) is 30.3 Å². The number of halogens is 1. The monoisotopic (exact) mass is 268 g/mol. The lowest BCUT2D eigenvalue weighted by molar-refractivity contribution is -0.116. The van der Waals surface area contributed by atoms with Gasteiger partial charge in [0.25, 0.3) is 0 Å². The Morgan fingerprint density at radius 3 is 2.65 bits per heavy atom. The third-order valence-corrected chi connectivity index (χ3v) is 3.37. The normalized spacial score (nSPS) is 14.6. The molecule has 0 radical (unpaired) electrons. The van der Waals surface area contributed by atoms with Crippen molar-refractivity contribution in [1.29, 1.82) is 0 Å². The highest BCUT2D eigenvalue weighted by Gasteiger charge is 2.22. The minimum absolute atomic E-state index is 0.0665. The molecule has 2 aromatic carbocycles. The Balaban J connectivity index is 2.23. The molecule has 0 saturated carbocycles. The summed E-state index contributed by atoms with van der Waals surface area (Å²) < 4.78 is 13.6. The summed E-state index contributed by atoms with van der Waals surface area (Å²) in [7, 11) is 1.68. The fourth-order valence-electron chi connectivity index (χ4n) is 2.31. The summed E-state index contributed by atoms with van der Waals surface area (Å²) in [5, 5.41) is 0. The predicted molar refractivity (Wildman–Crippen MR) is 76.8 cm³/mol. The maximum atomic E-state index is 13.6. The van der Waals surface area contributed by atoms with Crippen LogP contribution in [-0.2, 0) is 4.79 Å². The molecule has 0 aliphatic carbocycles. The van der Waals surface area contributed by atoms with Crippen molar-refractivity contribution in [3.63, 3.8) is 0 Å². The van der Waals surface area contributed by atoms with Gasteiger partial charge in [-0.15, -0.1) is 0 Å². The zero-order valence-electron chi connectivity index (χ0n) is 11.0. The number of nitrogens with zero attached hydrogens (tertiary/aromatic N) is 2. The van der Waals surface area contributed by atoms with Gasteiger partial charge >= 0.3 is 0 Å². The van der Waals surface area contributed by atoms with Gasteiger partial charge in [-0.3, -0.25) is 9.79 Å². The number of benzene rings is 2. The third-order valence-electron chi connectivity index (χ3n) is 3.37. The Labute approximate surface area is 116 Å². The molecule has 0 spiro atoms. The minimum atomic E-state index is -0.338. The zero-order valence-corrected chi connectivity index (χ0v) is 11.0. The number of hydrogen-bond donors (Lipinski definition) is 0. The fraction of sp³-hybridized carbons (Fsp3) is 0.125. The Bertz CT molecular complexity index is 695. The van der Waals surface area contributed by atoms with Crippen LogP contribution in [0.5, 0.6) is 0 Å². The molecule has 2 aromatic rings. The molecular formula is C16H13FN2O. The quantitative estimate of drug-likeness (QED) is 0.782. The number of aliphatic imine (C=N–C) groups is 1. The molecule has 1 heterocycles. The number of benzodiazepines with no additional fused rings is 1. The van der Waals surface area contributed by atoms with E-state index >= 15 is 0 Å². The summed E-state index contributed by atoms with van der Waals surface area (Å²) in [6.45, 7) is 0.0665. The van der Waals surface area contributed by atoms with Gasteiger partial charge in [0.05, 0.1) is 11.4 Å². The van der Waals surface area contributed by atoms with E-state index in [0.717, 1.165) is 5.56 Å². The second-order valence-electron chi connectivity index (χ2n) is 4.65. The molecule has 20 heavy (non-hydrogen) atoms. The minimum Gasteiger partial charge on any atom is -0.313 e. The number of hydrogen-bond acceptors (Lipinski definition) is 2. The van der Waals surface area contributed by atoms with Crippen LogP contribution >= 0.6 is 0 Å². The summed E-state index contributed by atoms with van der Waals surface area (Å²) in [5.41, 5.74) is 2.85. The van der Waals surface area contributed by atoms with Crippen LogP contribution in [0.1, 0.15) is 11.1 Å². The van der Waals surface area contributed by atoms with E-state index in [1.807, 2.05) is 30.3 Å². The zero-order chi connectivity index (χ0) is 14.1. The van der Waals surface area contributed by atoms with Gasteiger partial charge in [-0.2, -0.15) is 0 Å². The average Bonchev–Trinajstić information content (AvgIpc) is 2.58. The van der Waals surface area contributed by atoms with E-state index < -0.39 is 0 Å². The van der Waals surface area contributed by atoms with Gasteiger partial charge in [-0.05, 0) is 18.2 Å². The molecule has 100 valence electrons. The number of anilines is 1.